The third kappa shape index (κ3) is 6.04. The minimum absolute atomic E-state index is 0.0676. The zero-order valence-corrected chi connectivity index (χ0v) is 18.5. The van der Waals surface area contributed by atoms with Crippen molar-refractivity contribution in [1.82, 2.24) is 15.2 Å². The number of aromatic nitrogens is 1. The van der Waals surface area contributed by atoms with Crippen LogP contribution in [0, 0.1) is 11.7 Å². The molecule has 4 rings (SSSR count). The Hall–Kier alpha value is -2.99. The second-order valence-electron chi connectivity index (χ2n) is 8.67. The summed E-state index contributed by atoms with van der Waals surface area (Å²) in [5.74, 6) is 1.15. The molecule has 1 fully saturated rings. The van der Waals surface area contributed by atoms with Crippen molar-refractivity contribution in [3.8, 4) is 11.3 Å². The number of carbonyl (C=O) groups is 1. The maximum atomic E-state index is 13.9. The van der Waals surface area contributed by atoms with E-state index < -0.39 is 0 Å². The lowest BCUT2D eigenvalue weighted by atomic mass is 9.99. The van der Waals surface area contributed by atoms with Gasteiger partial charge in [0.2, 0.25) is 5.91 Å². The number of amides is 1. The molecule has 168 valence electrons. The molecule has 2 aromatic carbocycles. The van der Waals surface area contributed by atoms with E-state index in [1.54, 1.807) is 18.2 Å². The van der Waals surface area contributed by atoms with Gasteiger partial charge in [0.05, 0.1) is 11.8 Å². The second-order valence-corrected chi connectivity index (χ2v) is 8.67. The van der Waals surface area contributed by atoms with Crippen molar-refractivity contribution in [1.29, 1.82) is 0 Å². The van der Waals surface area contributed by atoms with E-state index in [4.69, 9.17) is 4.42 Å². The number of piperidine rings is 1. The molecule has 1 aliphatic heterocycles. The van der Waals surface area contributed by atoms with Gasteiger partial charge in [-0.2, -0.15) is 0 Å². The predicted octanol–water partition coefficient (Wildman–Crippen LogP) is 4.96. The van der Waals surface area contributed by atoms with Gasteiger partial charge >= 0.3 is 0 Å². The highest BCUT2D eigenvalue weighted by Gasteiger charge is 2.16. The number of oxazole rings is 1. The summed E-state index contributed by atoms with van der Waals surface area (Å²) in [5, 5.41) is 2.94. The fourth-order valence-electron chi connectivity index (χ4n) is 4.17. The van der Waals surface area contributed by atoms with Crippen LogP contribution in [0.2, 0.25) is 0 Å². The molecule has 0 bridgehead atoms. The van der Waals surface area contributed by atoms with E-state index in [0.717, 1.165) is 18.0 Å². The van der Waals surface area contributed by atoms with Gasteiger partial charge in [-0.25, -0.2) is 9.37 Å². The largest absolute Gasteiger partial charge is 0.441 e. The molecule has 5 nitrogen and oxygen atoms in total. The summed E-state index contributed by atoms with van der Waals surface area (Å²) in [6.07, 6.45) is 4.74. The lowest BCUT2D eigenvalue weighted by molar-refractivity contribution is -0.121. The molecule has 1 aromatic heterocycles. The van der Waals surface area contributed by atoms with Gasteiger partial charge in [-0.3, -0.25) is 9.69 Å². The number of carbonyl (C=O) groups excluding carboxylic acids is 1. The Labute approximate surface area is 188 Å². The Bertz CT molecular complexity index is 1030. The summed E-state index contributed by atoms with van der Waals surface area (Å²) in [7, 11) is 0. The predicted molar refractivity (Wildman–Crippen MR) is 122 cm³/mol. The quantitative estimate of drug-likeness (QED) is 0.543. The summed E-state index contributed by atoms with van der Waals surface area (Å²) in [6.45, 7) is 6.15. The summed E-state index contributed by atoms with van der Waals surface area (Å²) >= 11 is 0. The normalized spacial score (nSPS) is 16.8. The molecule has 32 heavy (non-hydrogen) atoms. The first-order chi connectivity index (χ1) is 15.6. The van der Waals surface area contributed by atoms with Crippen molar-refractivity contribution in [2.75, 3.05) is 13.1 Å². The van der Waals surface area contributed by atoms with E-state index in [-0.39, 0.29) is 18.1 Å². The van der Waals surface area contributed by atoms with E-state index >= 15 is 0 Å². The van der Waals surface area contributed by atoms with Gasteiger partial charge in [0.1, 0.15) is 5.82 Å². The van der Waals surface area contributed by atoms with E-state index in [0.29, 0.717) is 30.2 Å². The zero-order chi connectivity index (χ0) is 22.3. The monoisotopic (exact) mass is 435 g/mol. The van der Waals surface area contributed by atoms with Crippen LogP contribution in [0.4, 0.5) is 4.39 Å². The molecule has 0 saturated carbocycles. The summed E-state index contributed by atoms with van der Waals surface area (Å²) < 4.78 is 19.5. The van der Waals surface area contributed by atoms with Crippen molar-refractivity contribution in [2.45, 2.75) is 45.7 Å². The van der Waals surface area contributed by atoms with Crippen LogP contribution in [-0.4, -0.2) is 28.9 Å². The van der Waals surface area contributed by atoms with Crippen LogP contribution in [0.25, 0.3) is 11.3 Å². The Morgan fingerprint density at radius 2 is 1.97 bits per heavy atom. The lowest BCUT2D eigenvalue weighted by Gasteiger charge is -2.30. The average Bonchev–Trinajstić information content (AvgIpc) is 3.26. The molecule has 1 atom stereocenters. The number of likely N-dealkylation sites (tertiary alicyclic amines) is 1. The summed E-state index contributed by atoms with van der Waals surface area (Å²) in [4.78, 5) is 18.9. The third-order valence-electron chi connectivity index (χ3n) is 5.92. The molecule has 1 N–H and O–H groups in total. The van der Waals surface area contributed by atoms with Crippen molar-refractivity contribution >= 4 is 5.91 Å². The van der Waals surface area contributed by atoms with Crippen LogP contribution in [0.5, 0.6) is 0 Å². The van der Waals surface area contributed by atoms with Gasteiger partial charge in [-0.1, -0.05) is 43.3 Å². The molecule has 0 radical (unpaired) electrons. The van der Waals surface area contributed by atoms with Gasteiger partial charge in [0, 0.05) is 32.5 Å². The third-order valence-corrected chi connectivity index (χ3v) is 5.92. The number of nitrogens with one attached hydrogen (secondary N) is 1. The maximum absolute atomic E-state index is 13.9. The summed E-state index contributed by atoms with van der Waals surface area (Å²) in [6, 6.07) is 14.9. The fraction of sp³-hybridized carbons (Fsp3) is 0.385. The van der Waals surface area contributed by atoms with E-state index in [1.807, 2.05) is 0 Å². The van der Waals surface area contributed by atoms with Crippen molar-refractivity contribution in [2.24, 2.45) is 5.92 Å². The minimum atomic E-state index is -0.357. The fourth-order valence-corrected chi connectivity index (χ4v) is 4.17. The Kier molecular flexibility index (Phi) is 7.32. The van der Waals surface area contributed by atoms with Gasteiger partial charge in [-0.05, 0) is 48.6 Å². The first-order valence-corrected chi connectivity index (χ1v) is 11.3. The van der Waals surface area contributed by atoms with Gasteiger partial charge in [-0.15, -0.1) is 0 Å². The standard InChI is InChI=1S/C26H30FN3O2/c1-19-5-4-14-30(17-19)18-21-10-8-20(9-11-21)15-28-25(31)12-13-26-29-16-24(32-26)22-6-2-3-7-23(22)27/h2-3,6-11,16,19H,4-5,12-15,17-18H2,1H3,(H,28,31). The number of aryl methyl sites for hydroxylation is 1. The average molecular weight is 436 g/mol. The zero-order valence-electron chi connectivity index (χ0n) is 18.5. The Morgan fingerprint density at radius 1 is 1.19 bits per heavy atom. The molecule has 0 spiro atoms. The Balaban J connectivity index is 1.21. The number of hydrogen-bond donors (Lipinski definition) is 1. The number of nitrogens with zero attached hydrogens (tertiary/aromatic N) is 2. The van der Waals surface area contributed by atoms with E-state index in [2.05, 4.69) is 46.4 Å². The molecule has 1 saturated heterocycles. The van der Waals surface area contributed by atoms with Crippen molar-refractivity contribution < 1.29 is 13.6 Å². The molecular formula is C26H30FN3O2. The van der Waals surface area contributed by atoms with Crippen LogP contribution in [-0.2, 0) is 24.3 Å². The highest BCUT2D eigenvalue weighted by Crippen LogP contribution is 2.23. The van der Waals surface area contributed by atoms with E-state index in [9.17, 15) is 9.18 Å². The second kappa shape index (κ2) is 10.6. The van der Waals surface area contributed by atoms with E-state index in [1.165, 1.54) is 43.8 Å². The Morgan fingerprint density at radius 3 is 2.75 bits per heavy atom. The van der Waals surface area contributed by atoms with Gasteiger partial charge in [0.15, 0.2) is 11.7 Å². The minimum Gasteiger partial charge on any atom is -0.441 e. The van der Waals surface area contributed by atoms with Crippen molar-refractivity contribution in [3.63, 3.8) is 0 Å². The molecule has 6 heteroatoms. The summed E-state index contributed by atoms with van der Waals surface area (Å²) in [5.41, 5.74) is 2.75. The van der Waals surface area contributed by atoms with Crippen molar-refractivity contribution in [3.05, 3.63) is 77.6 Å². The smallest absolute Gasteiger partial charge is 0.220 e. The number of rotatable bonds is 8. The maximum Gasteiger partial charge on any atom is 0.220 e. The SMILES string of the molecule is CC1CCCN(Cc2ccc(CNC(=O)CCc3ncc(-c4ccccc4F)o3)cc2)C1. The van der Waals surface area contributed by atoms with Crippen LogP contribution in [0.1, 0.15) is 43.2 Å². The highest BCUT2D eigenvalue weighted by atomic mass is 19.1. The number of halogens is 1. The highest BCUT2D eigenvalue weighted by molar-refractivity contribution is 5.76. The lowest BCUT2D eigenvalue weighted by Crippen LogP contribution is -2.33. The molecule has 1 aliphatic rings. The van der Waals surface area contributed by atoms with Gasteiger partial charge in [0.25, 0.3) is 0 Å². The number of benzene rings is 2. The van der Waals surface area contributed by atoms with Crippen LogP contribution >= 0.6 is 0 Å². The molecular weight excluding hydrogens is 405 g/mol. The van der Waals surface area contributed by atoms with Crippen LogP contribution in [0.3, 0.4) is 0 Å². The molecule has 2 heterocycles. The van der Waals surface area contributed by atoms with Crippen LogP contribution in [0.15, 0.2) is 59.1 Å². The topological polar surface area (TPSA) is 58.4 Å². The first kappa shape index (κ1) is 22.2. The molecule has 3 aromatic rings. The number of hydrogen-bond acceptors (Lipinski definition) is 4. The molecule has 1 unspecified atom stereocenters. The van der Waals surface area contributed by atoms with Crippen LogP contribution < -0.4 is 5.32 Å². The molecule has 1 amide bonds. The van der Waals surface area contributed by atoms with Gasteiger partial charge < -0.3 is 9.73 Å². The molecule has 0 aliphatic carbocycles. The first-order valence-electron chi connectivity index (χ1n) is 11.3.